The summed E-state index contributed by atoms with van der Waals surface area (Å²) in [7, 11) is 0. The van der Waals surface area contributed by atoms with E-state index < -0.39 is 5.97 Å². The van der Waals surface area contributed by atoms with E-state index in [-0.39, 0.29) is 19.1 Å². The van der Waals surface area contributed by atoms with Gasteiger partial charge in [0.2, 0.25) is 0 Å². The first-order valence-electron chi connectivity index (χ1n) is 9.75. The SMILES string of the molecule is CCOC(=O)Cn1c(=NC(=O)c2ccc(-c3ccccc3)cc2)sc2cccc(Cl)c21. The molecule has 0 aliphatic rings. The first-order valence-corrected chi connectivity index (χ1v) is 10.9. The second-order valence-corrected chi connectivity index (χ2v) is 8.14. The number of carbonyl (C=O) groups excluding carboxylic acids is 2. The van der Waals surface area contributed by atoms with Crippen LogP contribution in [0.4, 0.5) is 0 Å². The van der Waals surface area contributed by atoms with E-state index in [1.54, 1.807) is 29.7 Å². The van der Waals surface area contributed by atoms with Gasteiger partial charge in [-0.15, -0.1) is 0 Å². The van der Waals surface area contributed by atoms with Crippen LogP contribution in [-0.2, 0) is 16.1 Å². The summed E-state index contributed by atoms with van der Waals surface area (Å²) in [6.45, 7) is 1.94. The van der Waals surface area contributed by atoms with Crippen LogP contribution in [0.25, 0.3) is 21.3 Å². The van der Waals surface area contributed by atoms with Crippen molar-refractivity contribution >= 4 is 45.0 Å². The zero-order valence-electron chi connectivity index (χ0n) is 16.7. The molecule has 0 bridgehead atoms. The van der Waals surface area contributed by atoms with Crippen molar-refractivity contribution < 1.29 is 14.3 Å². The fourth-order valence-corrected chi connectivity index (χ4v) is 4.63. The third-order valence-electron chi connectivity index (χ3n) is 4.68. The Balaban J connectivity index is 1.72. The van der Waals surface area contributed by atoms with Gasteiger partial charge in [-0.25, -0.2) is 0 Å². The molecule has 1 aromatic heterocycles. The maximum absolute atomic E-state index is 12.9. The molecule has 31 heavy (non-hydrogen) atoms. The Hall–Kier alpha value is -3.22. The molecule has 3 aromatic carbocycles. The van der Waals surface area contributed by atoms with Crippen LogP contribution in [0.15, 0.2) is 77.8 Å². The van der Waals surface area contributed by atoms with Crippen LogP contribution >= 0.6 is 22.9 Å². The summed E-state index contributed by atoms with van der Waals surface area (Å²) >= 11 is 7.68. The number of esters is 1. The second kappa shape index (κ2) is 9.29. The number of fused-ring (bicyclic) bond motifs is 1. The Labute approximate surface area is 188 Å². The number of carbonyl (C=O) groups is 2. The van der Waals surface area contributed by atoms with Crippen molar-refractivity contribution in [2.75, 3.05) is 6.61 Å². The lowest BCUT2D eigenvalue weighted by Gasteiger charge is -2.06. The highest BCUT2D eigenvalue weighted by atomic mass is 35.5. The molecule has 1 heterocycles. The molecule has 0 fully saturated rings. The highest BCUT2D eigenvalue weighted by molar-refractivity contribution is 7.16. The number of amides is 1. The van der Waals surface area contributed by atoms with Crippen LogP contribution in [0.2, 0.25) is 5.02 Å². The third kappa shape index (κ3) is 4.60. The quantitative estimate of drug-likeness (QED) is 0.386. The van der Waals surface area contributed by atoms with Gasteiger partial charge in [0.05, 0.1) is 21.8 Å². The minimum atomic E-state index is -0.414. The van der Waals surface area contributed by atoms with E-state index in [1.807, 2.05) is 54.6 Å². The summed E-state index contributed by atoms with van der Waals surface area (Å²) in [6, 6.07) is 22.7. The molecular weight excluding hydrogens is 432 g/mol. The Morgan fingerprint density at radius 2 is 1.68 bits per heavy atom. The maximum Gasteiger partial charge on any atom is 0.326 e. The monoisotopic (exact) mass is 450 g/mol. The van der Waals surface area contributed by atoms with E-state index in [0.717, 1.165) is 15.8 Å². The number of hydrogen-bond donors (Lipinski definition) is 0. The number of rotatable bonds is 5. The van der Waals surface area contributed by atoms with Gasteiger partial charge in [-0.3, -0.25) is 9.59 Å². The molecule has 0 aliphatic carbocycles. The van der Waals surface area contributed by atoms with E-state index in [1.165, 1.54) is 11.3 Å². The van der Waals surface area contributed by atoms with Crippen molar-refractivity contribution in [2.24, 2.45) is 4.99 Å². The van der Waals surface area contributed by atoms with Crippen molar-refractivity contribution in [3.05, 3.63) is 88.2 Å². The third-order valence-corrected chi connectivity index (χ3v) is 6.03. The molecule has 4 aromatic rings. The Kier molecular flexibility index (Phi) is 6.30. The number of thiazole rings is 1. The summed E-state index contributed by atoms with van der Waals surface area (Å²) in [4.78, 5) is 29.7. The Morgan fingerprint density at radius 1 is 0.968 bits per heavy atom. The number of para-hydroxylation sites is 1. The van der Waals surface area contributed by atoms with Crippen LogP contribution < -0.4 is 4.80 Å². The molecule has 0 N–H and O–H groups in total. The van der Waals surface area contributed by atoms with Crippen LogP contribution in [0, 0.1) is 0 Å². The lowest BCUT2D eigenvalue weighted by Crippen LogP contribution is -2.23. The van der Waals surface area contributed by atoms with Crippen LogP contribution in [0.3, 0.4) is 0 Å². The summed E-state index contributed by atoms with van der Waals surface area (Å²) < 4.78 is 7.55. The molecule has 0 saturated heterocycles. The van der Waals surface area contributed by atoms with Crippen molar-refractivity contribution in [3.8, 4) is 11.1 Å². The Bertz CT molecular complexity index is 1310. The molecule has 0 radical (unpaired) electrons. The summed E-state index contributed by atoms with van der Waals surface area (Å²) in [5.74, 6) is -0.803. The molecule has 0 saturated carbocycles. The zero-order chi connectivity index (χ0) is 21.8. The van der Waals surface area contributed by atoms with Gasteiger partial charge in [0.15, 0.2) is 4.80 Å². The number of ether oxygens (including phenoxy) is 1. The fourth-order valence-electron chi connectivity index (χ4n) is 3.24. The first kappa shape index (κ1) is 21.0. The molecule has 0 spiro atoms. The largest absolute Gasteiger partial charge is 0.465 e. The maximum atomic E-state index is 12.9. The van der Waals surface area contributed by atoms with Crippen LogP contribution in [-0.4, -0.2) is 23.1 Å². The van der Waals surface area contributed by atoms with Crippen molar-refractivity contribution in [1.29, 1.82) is 0 Å². The molecule has 0 atom stereocenters. The van der Waals surface area contributed by atoms with E-state index in [9.17, 15) is 9.59 Å². The van der Waals surface area contributed by atoms with Gasteiger partial charge in [0.25, 0.3) is 5.91 Å². The molecule has 1 amide bonds. The van der Waals surface area contributed by atoms with Crippen LogP contribution in [0.5, 0.6) is 0 Å². The van der Waals surface area contributed by atoms with Crippen LogP contribution in [0.1, 0.15) is 17.3 Å². The molecule has 4 rings (SSSR count). The van der Waals surface area contributed by atoms with Gasteiger partial charge in [-0.2, -0.15) is 4.99 Å². The molecule has 156 valence electrons. The highest BCUT2D eigenvalue weighted by Crippen LogP contribution is 2.25. The predicted molar refractivity (Wildman–Crippen MR) is 123 cm³/mol. The van der Waals surface area contributed by atoms with Gasteiger partial charge >= 0.3 is 5.97 Å². The van der Waals surface area contributed by atoms with E-state index in [0.29, 0.717) is 20.9 Å². The molecular formula is C24H19ClN2O3S. The number of hydrogen-bond acceptors (Lipinski definition) is 4. The van der Waals surface area contributed by atoms with Gasteiger partial charge in [-0.05, 0) is 42.3 Å². The normalized spacial score (nSPS) is 11.6. The molecule has 0 aliphatic heterocycles. The molecule has 5 nitrogen and oxygen atoms in total. The summed E-state index contributed by atoms with van der Waals surface area (Å²) in [5, 5.41) is 0.485. The summed E-state index contributed by atoms with van der Waals surface area (Å²) in [5.41, 5.74) is 3.21. The number of halogens is 1. The number of nitrogens with zero attached hydrogens (tertiary/aromatic N) is 2. The van der Waals surface area contributed by atoms with E-state index in [2.05, 4.69) is 4.99 Å². The van der Waals surface area contributed by atoms with Gasteiger partial charge in [0.1, 0.15) is 6.54 Å². The summed E-state index contributed by atoms with van der Waals surface area (Å²) in [6.07, 6.45) is 0. The fraction of sp³-hybridized carbons (Fsp3) is 0.125. The minimum absolute atomic E-state index is 0.0728. The number of aromatic nitrogens is 1. The van der Waals surface area contributed by atoms with E-state index >= 15 is 0 Å². The second-order valence-electron chi connectivity index (χ2n) is 6.72. The molecule has 0 unspecified atom stereocenters. The Morgan fingerprint density at radius 3 is 2.39 bits per heavy atom. The standard InChI is InChI=1S/C24H19ClN2O3S/c1-2-30-21(28)15-27-22-19(25)9-6-10-20(22)31-24(27)26-23(29)18-13-11-17(12-14-18)16-7-4-3-5-8-16/h3-14H,2,15H2,1H3. The minimum Gasteiger partial charge on any atom is -0.465 e. The van der Waals surface area contributed by atoms with Crippen molar-refractivity contribution in [1.82, 2.24) is 4.57 Å². The average molecular weight is 451 g/mol. The van der Waals surface area contributed by atoms with Crippen molar-refractivity contribution in [3.63, 3.8) is 0 Å². The van der Waals surface area contributed by atoms with Crippen molar-refractivity contribution in [2.45, 2.75) is 13.5 Å². The lowest BCUT2D eigenvalue weighted by molar-refractivity contribution is -0.143. The van der Waals surface area contributed by atoms with E-state index in [4.69, 9.17) is 16.3 Å². The first-order chi connectivity index (χ1) is 15.1. The lowest BCUT2D eigenvalue weighted by atomic mass is 10.0. The van der Waals surface area contributed by atoms with Gasteiger partial charge < -0.3 is 9.30 Å². The predicted octanol–water partition coefficient (Wildman–Crippen LogP) is 5.33. The smallest absolute Gasteiger partial charge is 0.326 e. The van der Waals surface area contributed by atoms with Gasteiger partial charge in [0, 0.05) is 5.56 Å². The average Bonchev–Trinajstić information content (AvgIpc) is 3.12. The zero-order valence-corrected chi connectivity index (χ0v) is 18.3. The molecule has 7 heteroatoms. The topological polar surface area (TPSA) is 60.7 Å². The number of benzene rings is 3. The van der Waals surface area contributed by atoms with Gasteiger partial charge in [-0.1, -0.05) is 71.5 Å². The highest BCUT2D eigenvalue weighted by Gasteiger charge is 2.15.